The van der Waals surface area contributed by atoms with E-state index in [9.17, 15) is 18.4 Å². The van der Waals surface area contributed by atoms with Crippen molar-refractivity contribution in [3.8, 4) is 0 Å². The first-order valence-electron chi connectivity index (χ1n) is 4.63. The molecule has 1 unspecified atom stereocenters. The van der Waals surface area contributed by atoms with Gasteiger partial charge in [-0.25, -0.2) is 8.78 Å². The van der Waals surface area contributed by atoms with Crippen LogP contribution < -0.4 is 11.1 Å². The molecule has 0 aromatic heterocycles. The topological polar surface area (TPSA) is 92.4 Å². The Morgan fingerprint density at radius 1 is 1.29 bits per heavy atom. The predicted molar refractivity (Wildman–Crippen MR) is 55.2 cm³/mol. The highest BCUT2D eigenvalue weighted by atomic mass is 19.1. The molecule has 1 aromatic carbocycles. The summed E-state index contributed by atoms with van der Waals surface area (Å²) < 4.78 is 25.5. The summed E-state index contributed by atoms with van der Waals surface area (Å²) in [6.07, 6.45) is -0.566. The highest BCUT2D eigenvalue weighted by Crippen LogP contribution is 2.13. The molecule has 0 saturated carbocycles. The molecule has 0 fully saturated rings. The molecule has 0 aliphatic heterocycles. The highest BCUT2D eigenvalue weighted by molar-refractivity contribution is 5.96. The molecule has 0 heterocycles. The van der Waals surface area contributed by atoms with E-state index < -0.39 is 36.0 Å². The molecule has 1 atom stereocenters. The van der Waals surface area contributed by atoms with E-state index in [1.54, 1.807) is 0 Å². The van der Waals surface area contributed by atoms with Gasteiger partial charge in [0.15, 0.2) is 0 Å². The summed E-state index contributed by atoms with van der Waals surface area (Å²) in [6.45, 7) is 0. The summed E-state index contributed by atoms with van der Waals surface area (Å²) in [7, 11) is 0. The van der Waals surface area contributed by atoms with Gasteiger partial charge < -0.3 is 16.2 Å². The lowest BCUT2D eigenvalue weighted by atomic mass is 10.2. The number of aliphatic carboxylic acids is 1. The van der Waals surface area contributed by atoms with E-state index in [0.717, 1.165) is 12.1 Å². The molecule has 1 aromatic rings. The fourth-order valence-electron chi connectivity index (χ4n) is 1.14. The molecule has 1 amide bonds. The second-order valence-corrected chi connectivity index (χ2v) is 3.35. The summed E-state index contributed by atoms with van der Waals surface area (Å²) in [5.41, 5.74) is 5.14. The van der Waals surface area contributed by atoms with E-state index in [0.29, 0.717) is 6.07 Å². The fourth-order valence-corrected chi connectivity index (χ4v) is 1.14. The second-order valence-electron chi connectivity index (χ2n) is 3.35. The Kier molecular flexibility index (Phi) is 4.11. The normalized spacial score (nSPS) is 11.9. The van der Waals surface area contributed by atoms with E-state index in [-0.39, 0.29) is 5.69 Å². The monoisotopic (exact) mass is 244 g/mol. The zero-order valence-electron chi connectivity index (χ0n) is 8.61. The van der Waals surface area contributed by atoms with Gasteiger partial charge in [0.25, 0.3) is 0 Å². The van der Waals surface area contributed by atoms with Crippen LogP contribution >= 0.6 is 0 Å². The average molecular weight is 244 g/mol. The third kappa shape index (κ3) is 4.15. The van der Waals surface area contributed by atoms with Crippen LogP contribution in [0.2, 0.25) is 0 Å². The molecule has 0 spiro atoms. The van der Waals surface area contributed by atoms with Crippen molar-refractivity contribution in [2.24, 2.45) is 5.73 Å². The second kappa shape index (κ2) is 5.35. The number of halogens is 2. The van der Waals surface area contributed by atoms with Gasteiger partial charge in [-0.05, 0) is 12.1 Å². The van der Waals surface area contributed by atoms with Crippen molar-refractivity contribution in [3.63, 3.8) is 0 Å². The molecule has 4 N–H and O–H groups in total. The van der Waals surface area contributed by atoms with Crippen molar-refractivity contribution in [3.05, 3.63) is 29.8 Å². The van der Waals surface area contributed by atoms with Crippen molar-refractivity contribution in [2.45, 2.75) is 12.5 Å². The maximum absolute atomic E-state index is 12.8. The third-order valence-corrected chi connectivity index (χ3v) is 1.86. The first kappa shape index (κ1) is 13.0. The van der Waals surface area contributed by atoms with E-state index in [2.05, 4.69) is 5.32 Å². The predicted octanol–water partition coefficient (Wildman–Crippen LogP) is 0.705. The van der Waals surface area contributed by atoms with Crippen LogP contribution in [0.1, 0.15) is 6.42 Å². The van der Waals surface area contributed by atoms with Crippen LogP contribution in [0.5, 0.6) is 0 Å². The zero-order valence-corrected chi connectivity index (χ0v) is 8.61. The van der Waals surface area contributed by atoms with Gasteiger partial charge in [-0.1, -0.05) is 0 Å². The smallest absolute Gasteiger partial charge is 0.305 e. The first-order valence-corrected chi connectivity index (χ1v) is 4.63. The van der Waals surface area contributed by atoms with Crippen LogP contribution in [-0.2, 0) is 9.59 Å². The number of rotatable bonds is 4. The molecule has 0 bridgehead atoms. The summed E-state index contributed by atoms with van der Waals surface area (Å²) in [5.74, 6) is -3.77. The number of nitrogens with two attached hydrogens (primary N) is 1. The van der Waals surface area contributed by atoms with Crippen LogP contribution in [0.15, 0.2) is 18.2 Å². The van der Waals surface area contributed by atoms with Gasteiger partial charge in [-0.15, -0.1) is 0 Å². The standard InChI is InChI=1S/C10H10F2N2O3/c11-5-1-6(12)3-7(2-5)14-10(17)8(13)4-9(15)16/h1-3,8H,4,13H2,(H,14,17)(H,15,16). The molecular formula is C10H10F2N2O3. The van der Waals surface area contributed by atoms with E-state index in [1.165, 1.54) is 0 Å². The number of carbonyl (C=O) groups excluding carboxylic acids is 1. The quantitative estimate of drug-likeness (QED) is 0.727. The summed E-state index contributed by atoms with van der Waals surface area (Å²) in [6, 6.07) is 1.16. The minimum atomic E-state index is -1.28. The average Bonchev–Trinajstić information content (AvgIpc) is 2.14. The summed E-state index contributed by atoms with van der Waals surface area (Å²) in [4.78, 5) is 21.6. The number of carbonyl (C=O) groups is 2. The number of carboxylic acids is 1. The third-order valence-electron chi connectivity index (χ3n) is 1.86. The maximum Gasteiger partial charge on any atom is 0.305 e. The van der Waals surface area contributed by atoms with Gasteiger partial charge in [0, 0.05) is 11.8 Å². The molecular weight excluding hydrogens is 234 g/mol. The fraction of sp³-hybridized carbons (Fsp3) is 0.200. The molecule has 92 valence electrons. The number of anilines is 1. The van der Waals surface area contributed by atoms with Crippen LogP contribution in [0.3, 0.4) is 0 Å². The van der Waals surface area contributed by atoms with Gasteiger partial charge in [-0.3, -0.25) is 9.59 Å². The van der Waals surface area contributed by atoms with Crippen LogP contribution in [-0.4, -0.2) is 23.0 Å². The Bertz CT molecular complexity index is 431. The molecule has 0 radical (unpaired) electrons. The molecule has 1 rings (SSSR count). The Morgan fingerprint density at radius 2 is 1.82 bits per heavy atom. The van der Waals surface area contributed by atoms with Crippen LogP contribution in [0, 0.1) is 11.6 Å². The molecule has 7 heteroatoms. The van der Waals surface area contributed by atoms with Crippen molar-refractivity contribution in [1.82, 2.24) is 0 Å². The van der Waals surface area contributed by atoms with Gasteiger partial charge in [0.2, 0.25) is 5.91 Å². The van der Waals surface area contributed by atoms with Crippen molar-refractivity contribution in [1.29, 1.82) is 0 Å². The molecule has 0 aliphatic carbocycles. The van der Waals surface area contributed by atoms with Gasteiger partial charge in [-0.2, -0.15) is 0 Å². The molecule has 0 saturated heterocycles. The number of benzene rings is 1. The Morgan fingerprint density at radius 3 is 2.29 bits per heavy atom. The first-order chi connectivity index (χ1) is 7.88. The van der Waals surface area contributed by atoms with Crippen LogP contribution in [0.25, 0.3) is 0 Å². The molecule has 5 nitrogen and oxygen atoms in total. The van der Waals surface area contributed by atoms with E-state index >= 15 is 0 Å². The van der Waals surface area contributed by atoms with Gasteiger partial charge in [0.05, 0.1) is 12.5 Å². The van der Waals surface area contributed by atoms with Gasteiger partial charge in [0.1, 0.15) is 11.6 Å². The van der Waals surface area contributed by atoms with E-state index in [4.69, 9.17) is 10.8 Å². The summed E-state index contributed by atoms with van der Waals surface area (Å²) >= 11 is 0. The largest absolute Gasteiger partial charge is 0.481 e. The lowest BCUT2D eigenvalue weighted by Crippen LogP contribution is -2.37. The number of hydrogen-bond acceptors (Lipinski definition) is 3. The number of carboxylic acid groups (broad SMARTS) is 1. The van der Waals surface area contributed by atoms with Crippen molar-refractivity contribution < 1.29 is 23.5 Å². The van der Waals surface area contributed by atoms with E-state index in [1.807, 2.05) is 0 Å². The van der Waals surface area contributed by atoms with Gasteiger partial charge >= 0.3 is 5.97 Å². The number of nitrogens with one attached hydrogen (secondary N) is 1. The minimum absolute atomic E-state index is 0.117. The minimum Gasteiger partial charge on any atom is -0.481 e. The Hall–Kier alpha value is -2.02. The summed E-state index contributed by atoms with van der Waals surface area (Å²) in [5, 5.41) is 10.5. The van der Waals surface area contributed by atoms with Crippen molar-refractivity contribution in [2.75, 3.05) is 5.32 Å². The van der Waals surface area contributed by atoms with Crippen molar-refractivity contribution >= 4 is 17.6 Å². The van der Waals surface area contributed by atoms with Crippen LogP contribution in [0.4, 0.5) is 14.5 Å². The maximum atomic E-state index is 12.8. The number of hydrogen-bond donors (Lipinski definition) is 3. The molecule has 17 heavy (non-hydrogen) atoms. The molecule has 0 aliphatic rings. The SMILES string of the molecule is NC(CC(=O)O)C(=O)Nc1cc(F)cc(F)c1. The zero-order chi connectivity index (χ0) is 13.0. The highest BCUT2D eigenvalue weighted by Gasteiger charge is 2.17. The lowest BCUT2D eigenvalue weighted by molar-refractivity contribution is -0.138. The number of amides is 1. The Labute approximate surface area is 95.2 Å². The lowest BCUT2D eigenvalue weighted by Gasteiger charge is -2.10. The Balaban J connectivity index is 2.70.